The molecule has 0 aliphatic carbocycles. The van der Waals surface area contributed by atoms with Crippen LogP contribution in [0.15, 0.2) is 6.08 Å². The molecule has 0 saturated heterocycles. The second kappa shape index (κ2) is 7.93. The first-order chi connectivity index (χ1) is 12.2. The van der Waals surface area contributed by atoms with Crippen molar-refractivity contribution in [3.8, 4) is 5.75 Å². The van der Waals surface area contributed by atoms with E-state index in [0.29, 0.717) is 49.5 Å². The summed E-state index contributed by atoms with van der Waals surface area (Å²) in [4.78, 5) is 17.9. The van der Waals surface area contributed by atoms with Gasteiger partial charge in [-0.3, -0.25) is 0 Å². The van der Waals surface area contributed by atoms with Crippen molar-refractivity contribution in [2.24, 2.45) is 0 Å². The predicted octanol–water partition coefficient (Wildman–Crippen LogP) is 3.79. The van der Waals surface area contributed by atoms with Crippen LogP contribution in [0.2, 0.25) is 0 Å². The predicted molar refractivity (Wildman–Crippen MR) is 99.6 cm³/mol. The zero-order valence-corrected chi connectivity index (χ0v) is 16.2. The first-order valence-corrected chi connectivity index (χ1v) is 8.95. The van der Waals surface area contributed by atoms with Gasteiger partial charge < -0.3 is 20.1 Å². The van der Waals surface area contributed by atoms with Gasteiger partial charge in [0, 0.05) is 19.5 Å². The van der Waals surface area contributed by atoms with Gasteiger partial charge in [-0.05, 0) is 39.7 Å². The van der Waals surface area contributed by atoms with E-state index in [4.69, 9.17) is 15.2 Å². The van der Waals surface area contributed by atoms with Gasteiger partial charge >= 0.3 is 6.09 Å². The summed E-state index contributed by atoms with van der Waals surface area (Å²) < 4.78 is 25.7. The fourth-order valence-electron chi connectivity index (χ4n) is 2.78. The number of halogens is 1. The molecule has 0 bridgehead atoms. The largest absolute Gasteiger partial charge is 0.491 e. The highest BCUT2D eigenvalue weighted by atomic mass is 19.1. The van der Waals surface area contributed by atoms with E-state index in [-0.39, 0.29) is 5.82 Å². The Labute approximate surface area is 154 Å². The highest BCUT2D eigenvalue weighted by Gasteiger charge is 2.26. The lowest BCUT2D eigenvalue weighted by Crippen LogP contribution is -2.36. The van der Waals surface area contributed by atoms with Crippen molar-refractivity contribution in [3.63, 3.8) is 0 Å². The molecule has 0 saturated carbocycles. The number of anilines is 1. The SMILES string of the molecule is CC/C(=C\CN(CC)C(=O)OC(C)(C)C)c1c(F)c(N)nc2c1OCC2. The summed E-state index contributed by atoms with van der Waals surface area (Å²) in [7, 11) is 0. The number of ether oxygens (including phenoxy) is 2. The number of carbonyl (C=O) groups excluding carboxylic acids is 1. The number of hydrogen-bond donors (Lipinski definition) is 1. The van der Waals surface area contributed by atoms with Crippen LogP contribution < -0.4 is 10.5 Å². The number of fused-ring (bicyclic) bond motifs is 1. The van der Waals surface area contributed by atoms with Crippen LogP contribution in [0.1, 0.15) is 52.3 Å². The molecule has 1 aromatic heterocycles. The van der Waals surface area contributed by atoms with Crippen LogP contribution in [-0.4, -0.2) is 41.3 Å². The number of nitrogens with zero attached hydrogens (tertiary/aromatic N) is 2. The van der Waals surface area contributed by atoms with E-state index in [1.807, 2.05) is 40.7 Å². The van der Waals surface area contributed by atoms with E-state index in [9.17, 15) is 9.18 Å². The Morgan fingerprint density at radius 1 is 1.42 bits per heavy atom. The van der Waals surface area contributed by atoms with Crippen LogP contribution in [0.25, 0.3) is 5.57 Å². The van der Waals surface area contributed by atoms with Crippen LogP contribution in [0, 0.1) is 5.82 Å². The molecule has 26 heavy (non-hydrogen) atoms. The molecule has 6 nitrogen and oxygen atoms in total. The molecule has 1 aliphatic rings. The highest BCUT2D eigenvalue weighted by molar-refractivity contribution is 5.75. The number of hydrogen-bond acceptors (Lipinski definition) is 5. The normalized spacial score (nSPS) is 14.0. The smallest absolute Gasteiger partial charge is 0.410 e. The van der Waals surface area contributed by atoms with Crippen molar-refractivity contribution in [1.29, 1.82) is 0 Å². The van der Waals surface area contributed by atoms with Gasteiger partial charge in [0.15, 0.2) is 17.4 Å². The molecule has 0 fully saturated rings. The van der Waals surface area contributed by atoms with Crippen LogP contribution in [0.3, 0.4) is 0 Å². The van der Waals surface area contributed by atoms with Crippen LogP contribution >= 0.6 is 0 Å². The third-order valence-corrected chi connectivity index (χ3v) is 4.07. The summed E-state index contributed by atoms with van der Waals surface area (Å²) in [5, 5.41) is 0. The summed E-state index contributed by atoms with van der Waals surface area (Å²) in [5.41, 5.74) is 6.93. The molecule has 0 atom stereocenters. The molecule has 0 spiro atoms. The van der Waals surface area contributed by atoms with E-state index in [2.05, 4.69) is 4.98 Å². The van der Waals surface area contributed by atoms with Crippen molar-refractivity contribution < 1.29 is 18.7 Å². The molecule has 0 radical (unpaired) electrons. The van der Waals surface area contributed by atoms with Crippen molar-refractivity contribution in [2.75, 3.05) is 25.4 Å². The van der Waals surface area contributed by atoms with E-state index in [0.717, 1.165) is 5.57 Å². The van der Waals surface area contributed by atoms with Gasteiger partial charge in [0.1, 0.15) is 5.60 Å². The zero-order valence-electron chi connectivity index (χ0n) is 16.2. The maximum Gasteiger partial charge on any atom is 0.410 e. The minimum atomic E-state index is -0.570. The highest BCUT2D eigenvalue weighted by Crippen LogP contribution is 2.38. The Kier molecular flexibility index (Phi) is 6.10. The number of pyridine rings is 1. The number of nitrogen functional groups attached to an aromatic ring is 1. The monoisotopic (exact) mass is 365 g/mol. The van der Waals surface area contributed by atoms with Crippen LogP contribution in [-0.2, 0) is 11.2 Å². The number of aromatic nitrogens is 1. The van der Waals surface area contributed by atoms with Gasteiger partial charge in [-0.15, -0.1) is 0 Å². The maximum absolute atomic E-state index is 14.7. The van der Waals surface area contributed by atoms with Gasteiger partial charge in [-0.2, -0.15) is 0 Å². The van der Waals surface area contributed by atoms with Crippen LogP contribution in [0.5, 0.6) is 5.75 Å². The molecule has 1 amide bonds. The molecule has 1 aromatic rings. The number of amides is 1. The lowest BCUT2D eigenvalue weighted by molar-refractivity contribution is 0.0282. The average molecular weight is 365 g/mol. The Balaban J connectivity index is 2.30. The second-order valence-electron chi connectivity index (χ2n) is 7.16. The first-order valence-electron chi connectivity index (χ1n) is 8.95. The topological polar surface area (TPSA) is 77.7 Å². The standard InChI is InChI=1S/C19H28FN3O3/c1-6-12(8-10-23(7-2)18(24)26-19(3,4)5)14-15(20)17(21)22-13-9-11-25-16(13)14/h8H,6-7,9-11H2,1-5H3,(H2,21,22)/b12-8+. The van der Waals surface area contributed by atoms with Gasteiger partial charge in [-0.25, -0.2) is 14.2 Å². The van der Waals surface area contributed by atoms with Crippen molar-refractivity contribution >= 4 is 17.5 Å². The Hall–Kier alpha value is -2.31. The van der Waals surface area contributed by atoms with Gasteiger partial charge in [0.2, 0.25) is 0 Å². The number of allylic oxidation sites excluding steroid dienone is 1. The van der Waals surface area contributed by atoms with Gasteiger partial charge in [0.25, 0.3) is 0 Å². The molecule has 2 N–H and O–H groups in total. The summed E-state index contributed by atoms with van der Waals surface area (Å²) in [5.74, 6) is -0.229. The Morgan fingerprint density at radius 2 is 2.12 bits per heavy atom. The number of likely N-dealkylation sites (N-methyl/N-ethyl adjacent to an activating group) is 1. The molecule has 0 unspecified atom stereocenters. The molecule has 144 valence electrons. The fourth-order valence-corrected chi connectivity index (χ4v) is 2.78. The lowest BCUT2D eigenvalue weighted by atomic mass is 10.0. The van der Waals surface area contributed by atoms with Gasteiger partial charge in [0.05, 0.1) is 17.9 Å². The summed E-state index contributed by atoms with van der Waals surface area (Å²) in [6.07, 6.45) is 2.61. The third-order valence-electron chi connectivity index (χ3n) is 4.07. The lowest BCUT2D eigenvalue weighted by Gasteiger charge is -2.26. The molecular weight excluding hydrogens is 337 g/mol. The molecule has 7 heteroatoms. The van der Waals surface area contributed by atoms with Crippen molar-refractivity contribution in [2.45, 2.75) is 53.1 Å². The molecular formula is C19H28FN3O3. The minimum Gasteiger partial charge on any atom is -0.491 e. The Morgan fingerprint density at radius 3 is 2.69 bits per heavy atom. The Bertz CT molecular complexity index is 711. The number of rotatable bonds is 5. The summed E-state index contributed by atoms with van der Waals surface area (Å²) in [6.45, 7) is 10.5. The average Bonchev–Trinajstić information content (AvgIpc) is 3.00. The summed E-state index contributed by atoms with van der Waals surface area (Å²) >= 11 is 0. The van der Waals surface area contributed by atoms with Crippen molar-refractivity contribution in [3.05, 3.63) is 23.2 Å². The van der Waals surface area contributed by atoms with E-state index >= 15 is 0 Å². The maximum atomic E-state index is 14.7. The van der Waals surface area contributed by atoms with Gasteiger partial charge in [-0.1, -0.05) is 13.0 Å². The molecule has 2 heterocycles. The quantitative estimate of drug-likeness (QED) is 0.859. The molecule has 2 rings (SSSR count). The third kappa shape index (κ3) is 4.45. The first kappa shape index (κ1) is 20.0. The van der Waals surface area contributed by atoms with E-state index in [1.54, 1.807) is 4.90 Å². The minimum absolute atomic E-state index is 0.122. The number of carbonyl (C=O) groups is 1. The fraction of sp³-hybridized carbons (Fsp3) is 0.579. The summed E-state index contributed by atoms with van der Waals surface area (Å²) in [6, 6.07) is 0. The van der Waals surface area contributed by atoms with E-state index in [1.165, 1.54) is 0 Å². The molecule has 0 aromatic carbocycles. The van der Waals surface area contributed by atoms with Crippen molar-refractivity contribution in [1.82, 2.24) is 9.88 Å². The second-order valence-corrected chi connectivity index (χ2v) is 7.16. The van der Waals surface area contributed by atoms with E-state index < -0.39 is 17.5 Å². The van der Waals surface area contributed by atoms with Crippen LogP contribution in [0.4, 0.5) is 15.0 Å². The number of nitrogens with two attached hydrogens (primary N) is 1. The zero-order chi connectivity index (χ0) is 19.5. The molecule has 1 aliphatic heterocycles.